The van der Waals surface area contributed by atoms with Crippen molar-refractivity contribution < 1.29 is 14.6 Å². The highest BCUT2D eigenvalue weighted by atomic mass is 16.5. The molecule has 1 saturated heterocycles. The zero-order chi connectivity index (χ0) is 20.1. The topological polar surface area (TPSA) is 46.5 Å². The highest BCUT2D eigenvalue weighted by molar-refractivity contribution is 5.79. The van der Waals surface area contributed by atoms with E-state index in [1.807, 2.05) is 6.08 Å². The number of carboxylic acids is 1. The summed E-state index contributed by atoms with van der Waals surface area (Å²) >= 11 is 0. The fourth-order valence-corrected chi connectivity index (χ4v) is 5.03. The van der Waals surface area contributed by atoms with E-state index < -0.39 is 5.97 Å². The number of hydrogen-bond donors (Lipinski definition) is 1. The van der Waals surface area contributed by atoms with Gasteiger partial charge in [-0.25, -0.2) is 4.79 Å². The Morgan fingerprint density at radius 1 is 1.14 bits per heavy atom. The molecule has 28 heavy (non-hydrogen) atoms. The first kappa shape index (κ1) is 19.0. The van der Waals surface area contributed by atoms with Crippen molar-refractivity contribution in [2.45, 2.75) is 69.8 Å². The molecule has 1 aromatic rings. The Morgan fingerprint density at radius 3 is 2.57 bits per heavy atom. The average molecular weight is 379 g/mol. The van der Waals surface area contributed by atoms with Crippen molar-refractivity contribution >= 4 is 5.97 Å². The lowest BCUT2D eigenvalue weighted by Crippen LogP contribution is -2.34. The minimum absolute atomic E-state index is 0.164. The fraction of sp³-hybridized carbons (Fsp3) is 0.480. The molecule has 1 heterocycles. The molecule has 0 saturated carbocycles. The van der Waals surface area contributed by atoms with Crippen LogP contribution in [0.25, 0.3) is 0 Å². The van der Waals surface area contributed by atoms with Crippen LogP contribution in [0.4, 0.5) is 0 Å². The third-order valence-electron chi connectivity index (χ3n) is 6.87. The number of carboxylic acid groups (broad SMARTS) is 1. The van der Waals surface area contributed by atoms with E-state index in [0.29, 0.717) is 0 Å². The lowest BCUT2D eigenvalue weighted by Gasteiger charge is -2.42. The largest absolute Gasteiger partial charge is 0.490 e. The molecule has 1 fully saturated rings. The number of hydrogen-bond acceptors (Lipinski definition) is 2. The Morgan fingerprint density at radius 2 is 1.86 bits per heavy atom. The van der Waals surface area contributed by atoms with Crippen LogP contribution in [-0.2, 0) is 20.4 Å². The Bertz CT molecular complexity index is 885. The van der Waals surface area contributed by atoms with Crippen molar-refractivity contribution in [3.8, 4) is 0 Å². The smallest absolute Gasteiger partial charge is 0.328 e. The zero-order valence-corrected chi connectivity index (χ0v) is 17.2. The summed E-state index contributed by atoms with van der Waals surface area (Å²) in [5.41, 5.74) is 4.71. The van der Waals surface area contributed by atoms with Crippen molar-refractivity contribution in [2.24, 2.45) is 5.92 Å². The van der Waals surface area contributed by atoms with E-state index in [0.717, 1.165) is 12.2 Å². The fourth-order valence-electron chi connectivity index (χ4n) is 5.03. The molecule has 3 aliphatic rings. The second kappa shape index (κ2) is 6.65. The quantitative estimate of drug-likeness (QED) is 0.695. The van der Waals surface area contributed by atoms with Gasteiger partial charge in [-0.15, -0.1) is 0 Å². The Labute approximate surface area is 167 Å². The van der Waals surface area contributed by atoms with Gasteiger partial charge in [0.25, 0.3) is 0 Å². The highest BCUT2D eigenvalue weighted by Gasteiger charge is 2.40. The van der Waals surface area contributed by atoms with Crippen LogP contribution in [0.3, 0.4) is 0 Å². The maximum atomic E-state index is 10.8. The van der Waals surface area contributed by atoms with E-state index in [4.69, 9.17) is 9.84 Å². The molecule has 1 aliphatic heterocycles. The van der Waals surface area contributed by atoms with Gasteiger partial charge in [0.05, 0.1) is 0 Å². The number of benzene rings is 1. The summed E-state index contributed by atoms with van der Waals surface area (Å²) in [6.07, 6.45) is 12.3. The lowest BCUT2D eigenvalue weighted by molar-refractivity contribution is -0.131. The molecule has 3 nitrogen and oxygen atoms in total. The standard InChI is InChI=1S/C25H30O3/c1-24(2)12-13-25(3,4)21-14-16(8-10-20(21)24)18-6-5-7-22-19(18)15-17(28-22)9-11-23(26)27/h5-11,14,17-19H,12-13,15H2,1-4H3,(H,26,27)/b11-9+. The molecule has 3 atom stereocenters. The first-order valence-corrected chi connectivity index (χ1v) is 10.3. The molecule has 148 valence electrons. The van der Waals surface area contributed by atoms with Gasteiger partial charge in [-0.1, -0.05) is 58.0 Å². The molecule has 1 N–H and O–H groups in total. The minimum Gasteiger partial charge on any atom is -0.490 e. The number of aliphatic carboxylic acids is 1. The first-order chi connectivity index (χ1) is 13.2. The van der Waals surface area contributed by atoms with Crippen LogP contribution in [0.2, 0.25) is 0 Å². The number of fused-ring (bicyclic) bond motifs is 2. The summed E-state index contributed by atoms with van der Waals surface area (Å²) in [4.78, 5) is 10.8. The van der Waals surface area contributed by atoms with Crippen LogP contribution in [-0.4, -0.2) is 17.2 Å². The van der Waals surface area contributed by atoms with Gasteiger partial charge < -0.3 is 9.84 Å². The molecule has 0 bridgehead atoms. The van der Waals surface area contributed by atoms with E-state index in [2.05, 4.69) is 58.0 Å². The monoisotopic (exact) mass is 378 g/mol. The van der Waals surface area contributed by atoms with Gasteiger partial charge in [0.2, 0.25) is 0 Å². The van der Waals surface area contributed by atoms with E-state index in [-0.39, 0.29) is 28.8 Å². The van der Waals surface area contributed by atoms with Crippen molar-refractivity contribution in [2.75, 3.05) is 0 Å². The summed E-state index contributed by atoms with van der Waals surface area (Å²) in [5.74, 6) is 0.590. The van der Waals surface area contributed by atoms with Crippen LogP contribution < -0.4 is 0 Å². The highest BCUT2D eigenvalue weighted by Crippen LogP contribution is 2.49. The maximum absolute atomic E-state index is 10.8. The molecule has 3 unspecified atom stereocenters. The summed E-state index contributed by atoms with van der Waals surface area (Å²) in [6.45, 7) is 9.43. The summed E-state index contributed by atoms with van der Waals surface area (Å²) < 4.78 is 6.01. The number of allylic oxidation sites excluding steroid dienone is 4. The van der Waals surface area contributed by atoms with Gasteiger partial charge in [0.1, 0.15) is 11.9 Å². The van der Waals surface area contributed by atoms with Crippen LogP contribution in [0.5, 0.6) is 0 Å². The van der Waals surface area contributed by atoms with E-state index in [9.17, 15) is 4.79 Å². The van der Waals surface area contributed by atoms with Crippen LogP contribution in [0, 0.1) is 5.92 Å². The lowest BCUT2D eigenvalue weighted by atomic mass is 9.62. The average Bonchev–Trinajstić information content (AvgIpc) is 3.07. The first-order valence-electron chi connectivity index (χ1n) is 10.3. The van der Waals surface area contributed by atoms with Gasteiger partial charge in [-0.3, -0.25) is 0 Å². The van der Waals surface area contributed by atoms with E-state index in [1.54, 1.807) is 6.08 Å². The van der Waals surface area contributed by atoms with Gasteiger partial charge in [-0.2, -0.15) is 0 Å². The van der Waals surface area contributed by atoms with Crippen LogP contribution in [0.1, 0.15) is 69.6 Å². The molecule has 0 radical (unpaired) electrons. The second-order valence-corrected chi connectivity index (χ2v) is 9.75. The molecule has 2 aliphatic carbocycles. The molecule has 3 heteroatoms. The molecular weight excluding hydrogens is 348 g/mol. The second-order valence-electron chi connectivity index (χ2n) is 9.75. The van der Waals surface area contributed by atoms with Crippen molar-refractivity contribution in [3.05, 3.63) is 71.0 Å². The molecule has 0 aromatic heterocycles. The van der Waals surface area contributed by atoms with E-state index >= 15 is 0 Å². The van der Waals surface area contributed by atoms with Crippen molar-refractivity contribution in [3.63, 3.8) is 0 Å². The normalized spacial score (nSPS) is 29.7. The Balaban J connectivity index is 1.66. The molecule has 1 aromatic carbocycles. The third-order valence-corrected chi connectivity index (χ3v) is 6.87. The Hall–Kier alpha value is -2.29. The predicted octanol–water partition coefficient (Wildman–Crippen LogP) is 5.62. The van der Waals surface area contributed by atoms with Gasteiger partial charge in [0.15, 0.2) is 0 Å². The summed E-state index contributed by atoms with van der Waals surface area (Å²) in [6, 6.07) is 7.06. The van der Waals surface area contributed by atoms with Crippen LogP contribution in [0.15, 0.2) is 54.3 Å². The van der Waals surface area contributed by atoms with E-state index in [1.165, 1.54) is 35.6 Å². The van der Waals surface area contributed by atoms with Gasteiger partial charge in [0, 0.05) is 17.9 Å². The molecule has 0 amide bonds. The third kappa shape index (κ3) is 3.32. The summed E-state index contributed by atoms with van der Waals surface area (Å²) in [7, 11) is 0. The van der Waals surface area contributed by atoms with Gasteiger partial charge >= 0.3 is 5.97 Å². The van der Waals surface area contributed by atoms with Crippen LogP contribution >= 0.6 is 0 Å². The predicted molar refractivity (Wildman–Crippen MR) is 111 cm³/mol. The summed E-state index contributed by atoms with van der Waals surface area (Å²) in [5, 5.41) is 8.90. The molecular formula is C25H30O3. The SMILES string of the molecule is CC1(C)CCC(C)(C)c2cc(C3C=CC=C4OC(/C=C/C(=O)O)CC43)ccc21. The number of carbonyl (C=O) groups is 1. The van der Waals surface area contributed by atoms with Gasteiger partial charge in [-0.05, 0) is 58.9 Å². The molecule has 4 rings (SSSR count). The molecule has 0 spiro atoms. The maximum Gasteiger partial charge on any atom is 0.328 e. The number of rotatable bonds is 3. The number of ether oxygens (including phenoxy) is 1. The minimum atomic E-state index is -0.929. The Kier molecular flexibility index (Phi) is 4.52. The van der Waals surface area contributed by atoms with Crippen molar-refractivity contribution in [1.82, 2.24) is 0 Å². The zero-order valence-electron chi connectivity index (χ0n) is 17.2. The van der Waals surface area contributed by atoms with Crippen molar-refractivity contribution in [1.29, 1.82) is 0 Å².